The van der Waals surface area contributed by atoms with Gasteiger partial charge in [-0.05, 0) is 36.8 Å². The first-order chi connectivity index (χ1) is 12.1. The van der Waals surface area contributed by atoms with Crippen LogP contribution in [0.1, 0.15) is 44.2 Å². The van der Waals surface area contributed by atoms with E-state index in [4.69, 9.17) is 0 Å². The van der Waals surface area contributed by atoms with Crippen LogP contribution in [0.15, 0.2) is 18.2 Å². The summed E-state index contributed by atoms with van der Waals surface area (Å²) < 4.78 is 0. The number of para-hydroxylation sites is 1. The van der Waals surface area contributed by atoms with Crippen molar-refractivity contribution < 1.29 is 14.4 Å². The SMILES string of the molecule is CCc1cccc(CC)c1NC(=O)C(=O)NCCCN1CCCC1=O. The van der Waals surface area contributed by atoms with Gasteiger partial charge in [0.25, 0.3) is 0 Å². The molecular formula is C19H27N3O3. The van der Waals surface area contributed by atoms with Gasteiger partial charge in [0.2, 0.25) is 5.91 Å². The van der Waals surface area contributed by atoms with Crippen molar-refractivity contribution in [1.29, 1.82) is 0 Å². The van der Waals surface area contributed by atoms with E-state index in [1.165, 1.54) is 0 Å². The maximum absolute atomic E-state index is 12.2. The molecule has 0 aliphatic carbocycles. The van der Waals surface area contributed by atoms with Crippen LogP contribution in [0.25, 0.3) is 0 Å². The zero-order valence-electron chi connectivity index (χ0n) is 15.1. The summed E-state index contributed by atoms with van der Waals surface area (Å²) in [5, 5.41) is 5.38. The van der Waals surface area contributed by atoms with E-state index in [1.807, 2.05) is 32.0 Å². The van der Waals surface area contributed by atoms with Crippen LogP contribution in [0.2, 0.25) is 0 Å². The Morgan fingerprint density at radius 1 is 1.12 bits per heavy atom. The lowest BCUT2D eigenvalue weighted by atomic mass is 10.0. The fraction of sp³-hybridized carbons (Fsp3) is 0.526. The second-order valence-corrected chi connectivity index (χ2v) is 6.21. The number of nitrogens with zero attached hydrogens (tertiary/aromatic N) is 1. The Hall–Kier alpha value is -2.37. The van der Waals surface area contributed by atoms with E-state index in [2.05, 4.69) is 10.6 Å². The van der Waals surface area contributed by atoms with Crippen LogP contribution >= 0.6 is 0 Å². The lowest BCUT2D eigenvalue weighted by Crippen LogP contribution is -2.37. The van der Waals surface area contributed by atoms with Crippen LogP contribution in [0.3, 0.4) is 0 Å². The number of rotatable bonds is 7. The van der Waals surface area contributed by atoms with E-state index in [-0.39, 0.29) is 5.91 Å². The van der Waals surface area contributed by atoms with Crippen molar-refractivity contribution in [2.24, 2.45) is 0 Å². The Morgan fingerprint density at radius 2 is 1.80 bits per heavy atom. The van der Waals surface area contributed by atoms with Gasteiger partial charge in [-0.3, -0.25) is 14.4 Å². The minimum absolute atomic E-state index is 0.173. The van der Waals surface area contributed by atoms with Crippen molar-refractivity contribution in [2.75, 3.05) is 25.0 Å². The van der Waals surface area contributed by atoms with Gasteiger partial charge in [0.05, 0.1) is 0 Å². The number of carbonyl (C=O) groups excluding carboxylic acids is 3. The number of aryl methyl sites for hydroxylation is 2. The molecule has 2 rings (SSSR count). The molecule has 6 nitrogen and oxygen atoms in total. The van der Waals surface area contributed by atoms with Gasteiger partial charge in [0.15, 0.2) is 0 Å². The van der Waals surface area contributed by atoms with Crippen LogP contribution < -0.4 is 10.6 Å². The van der Waals surface area contributed by atoms with Gasteiger partial charge in [-0.2, -0.15) is 0 Å². The average molecular weight is 345 g/mol. The molecule has 1 saturated heterocycles. The molecule has 0 atom stereocenters. The molecule has 0 aromatic heterocycles. The summed E-state index contributed by atoms with van der Waals surface area (Å²) in [6.07, 6.45) is 3.75. The lowest BCUT2D eigenvalue weighted by Gasteiger charge is -2.16. The van der Waals surface area contributed by atoms with Gasteiger partial charge in [-0.1, -0.05) is 32.0 Å². The Labute approximate surface area is 149 Å². The predicted molar refractivity (Wildman–Crippen MR) is 97.3 cm³/mol. The third kappa shape index (κ3) is 5.05. The van der Waals surface area contributed by atoms with Crippen molar-refractivity contribution in [3.8, 4) is 0 Å². The van der Waals surface area contributed by atoms with Crippen LogP contribution in [0, 0.1) is 0 Å². The Balaban J connectivity index is 1.82. The van der Waals surface area contributed by atoms with Gasteiger partial charge < -0.3 is 15.5 Å². The molecule has 25 heavy (non-hydrogen) atoms. The maximum Gasteiger partial charge on any atom is 0.313 e. The second-order valence-electron chi connectivity index (χ2n) is 6.21. The summed E-state index contributed by atoms with van der Waals surface area (Å²) in [7, 11) is 0. The van der Waals surface area contributed by atoms with Gasteiger partial charge in [-0.15, -0.1) is 0 Å². The zero-order valence-corrected chi connectivity index (χ0v) is 15.1. The molecule has 2 N–H and O–H groups in total. The third-order valence-electron chi connectivity index (χ3n) is 4.51. The molecule has 6 heteroatoms. The van der Waals surface area contributed by atoms with Crippen molar-refractivity contribution >= 4 is 23.4 Å². The normalized spacial score (nSPS) is 13.8. The number of benzene rings is 1. The summed E-state index contributed by atoms with van der Waals surface area (Å²) >= 11 is 0. The lowest BCUT2D eigenvalue weighted by molar-refractivity contribution is -0.136. The molecule has 1 fully saturated rings. The highest BCUT2D eigenvalue weighted by Crippen LogP contribution is 2.22. The monoisotopic (exact) mass is 345 g/mol. The van der Waals surface area contributed by atoms with Crippen LogP contribution in [-0.2, 0) is 27.2 Å². The van der Waals surface area contributed by atoms with Crippen molar-refractivity contribution in [1.82, 2.24) is 10.2 Å². The molecule has 0 unspecified atom stereocenters. The summed E-state index contributed by atoms with van der Waals surface area (Å²) in [6.45, 7) is 5.83. The van der Waals surface area contributed by atoms with Crippen LogP contribution in [0.5, 0.6) is 0 Å². The quantitative estimate of drug-likeness (QED) is 0.585. The standard InChI is InChI=1S/C19H27N3O3/c1-3-14-8-5-9-15(4-2)17(14)21-19(25)18(24)20-11-7-13-22-12-6-10-16(22)23/h5,8-9H,3-4,6-7,10-13H2,1-2H3,(H,20,24)(H,21,25). The third-order valence-corrected chi connectivity index (χ3v) is 4.51. The zero-order chi connectivity index (χ0) is 18.2. The highest BCUT2D eigenvalue weighted by molar-refractivity contribution is 6.39. The van der Waals surface area contributed by atoms with E-state index in [1.54, 1.807) is 4.90 Å². The Kier molecular flexibility index (Phi) is 6.98. The highest BCUT2D eigenvalue weighted by atomic mass is 16.2. The highest BCUT2D eigenvalue weighted by Gasteiger charge is 2.20. The molecular weight excluding hydrogens is 318 g/mol. The molecule has 1 aromatic rings. The number of nitrogens with one attached hydrogen (secondary N) is 2. The first-order valence-electron chi connectivity index (χ1n) is 9.04. The number of likely N-dealkylation sites (tertiary alicyclic amines) is 1. The molecule has 1 aromatic carbocycles. The van der Waals surface area contributed by atoms with Gasteiger partial charge in [0.1, 0.15) is 0 Å². The summed E-state index contributed by atoms with van der Waals surface area (Å²) in [5.74, 6) is -1.11. The molecule has 0 spiro atoms. The molecule has 1 aliphatic heterocycles. The Bertz CT molecular complexity index is 621. The fourth-order valence-electron chi connectivity index (χ4n) is 3.07. The summed E-state index contributed by atoms with van der Waals surface area (Å²) in [4.78, 5) is 37.5. The van der Waals surface area contributed by atoms with Crippen molar-refractivity contribution in [2.45, 2.75) is 46.0 Å². The Morgan fingerprint density at radius 3 is 2.36 bits per heavy atom. The summed E-state index contributed by atoms with van der Waals surface area (Å²) in [5.41, 5.74) is 2.79. The van der Waals surface area contributed by atoms with E-state index in [9.17, 15) is 14.4 Å². The molecule has 3 amide bonds. The molecule has 0 saturated carbocycles. The minimum atomic E-state index is -0.646. The number of amides is 3. The summed E-state index contributed by atoms with van der Waals surface area (Å²) in [6, 6.07) is 5.88. The molecule has 136 valence electrons. The van der Waals surface area contributed by atoms with Gasteiger partial charge >= 0.3 is 11.8 Å². The fourth-order valence-corrected chi connectivity index (χ4v) is 3.07. The maximum atomic E-state index is 12.2. The van der Waals surface area contributed by atoms with E-state index >= 15 is 0 Å². The van der Waals surface area contributed by atoms with Crippen LogP contribution in [-0.4, -0.2) is 42.3 Å². The van der Waals surface area contributed by atoms with E-state index in [0.29, 0.717) is 25.9 Å². The van der Waals surface area contributed by atoms with Gasteiger partial charge in [0, 0.05) is 31.7 Å². The predicted octanol–water partition coefficient (Wildman–Crippen LogP) is 1.88. The molecule has 0 radical (unpaired) electrons. The number of hydrogen-bond acceptors (Lipinski definition) is 3. The van der Waals surface area contributed by atoms with Crippen molar-refractivity contribution in [3.05, 3.63) is 29.3 Å². The topological polar surface area (TPSA) is 78.5 Å². The first-order valence-corrected chi connectivity index (χ1v) is 9.04. The van der Waals surface area contributed by atoms with Crippen molar-refractivity contribution in [3.63, 3.8) is 0 Å². The number of carbonyl (C=O) groups is 3. The number of hydrogen-bond donors (Lipinski definition) is 2. The number of anilines is 1. The second kappa shape index (κ2) is 9.20. The minimum Gasteiger partial charge on any atom is -0.348 e. The smallest absolute Gasteiger partial charge is 0.313 e. The molecule has 0 bridgehead atoms. The van der Waals surface area contributed by atoms with Gasteiger partial charge in [-0.25, -0.2) is 0 Å². The van der Waals surface area contributed by atoms with Crippen LogP contribution in [0.4, 0.5) is 5.69 Å². The van der Waals surface area contributed by atoms with E-state index < -0.39 is 11.8 Å². The average Bonchev–Trinajstić information content (AvgIpc) is 3.03. The first kappa shape index (κ1) is 19.0. The largest absolute Gasteiger partial charge is 0.348 e. The molecule has 1 aliphatic rings. The molecule has 1 heterocycles. The van der Waals surface area contributed by atoms with E-state index in [0.717, 1.165) is 42.6 Å².